The van der Waals surface area contributed by atoms with Gasteiger partial charge in [0.2, 0.25) is 0 Å². The van der Waals surface area contributed by atoms with Crippen molar-refractivity contribution in [2.24, 2.45) is 5.92 Å². The molecule has 18 heavy (non-hydrogen) atoms. The van der Waals surface area contributed by atoms with Gasteiger partial charge in [-0.2, -0.15) is 0 Å². The Morgan fingerprint density at radius 1 is 1.50 bits per heavy atom. The van der Waals surface area contributed by atoms with Crippen LogP contribution in [-0.2, 0) is 0 Å². The lowest BCUT2D eigenvalue weighted by Gasteiger charge is -2.16. The quantitative estimate of drug-likeness (QED) is 0.818. The van der Waals surface area contributed by atoms with E-state index in [1.807, 2.05) is 19.2 Å². The first-order chi connectivity index (χ1) is 8.70. The zero-order valence-corrected chi connectivity index (χ0v) is 10.5. The van der Waals surface area contributed by atoms with Crippen LogP contribution in [0.5, 0.6) is 0 Å². The SMILES string of the molecule is CN(CC1CC1)C(=O)c1cccc(C#CCO)c1. The normalized spacial score (nSPS) is 13.7. The van der Waals surface area contributed by atoms with E-state index in [1.54, 1.807) is 17.0 Å². The molecular formula is C15H17NO2. The Morgan fingerprint density at radius 3 is 2.94 bits per heavy atom. The lowest BCUT2D eigenvalue weighted by Crippen LogP contribution is -2.28. The van der Waals surface area contributed by atoms with Gasteiger partial charge in [-0.05, 0) is 37.0 Å². The lowest BCUT2D eigenvalue weighted by molar-refractivity contribution is 0.0788. The molecule has 0 unspecified atom stereocenters. The van der Waals surface area contributed by atoms with Crippen LogP contribution in [0.1, 0.15) is 28.8 Å². The van der Waals surface area contributed by atoms with Gasteiger partial charge in [-0.1, -0.05) is 17.9 Å². The standard InChI is InChI=1S/C15H17NO2/c1-16(11-13-7-8-13)15(18)14-6-2-4-12(10-14)5-3-9-17/h2,4,6,10,13,17H,7-9,11H2,1H3. The van der Waals surface area contributed by atoms with E-state index < -0.39 is 0 Å². The van der Waals surface area contributed by atoms with Crippen molar-refractivity contribution in [3.05, 3.63) is 35.4 Å². The average Bonchev–Trinajstić information content (AvgIpc) is 3.19. The molecule has 1 aromatic rings. The second-order valence-electron chi connectivity index (χ2n) is 4.67. The topological polar surface area (TPSA) is 40.5 Å². The summed E-state index contributed by atoms with van der Waals surface area (Å²) in [6, 6.07) is 7.23. The largest absolute Gasteiger partial charge is 0.384 e. The van der Waals surface area contributed by atoms with E-state index in [1.165, 1.54) is 12.8 Å². The smallest absolute Gasteiger partial charge is 0.253 e. The van der Waals surface area contributed by atoms with E-state index in [2.05, 4.69) is 11.8 Å². The molecular weight excluding hydrogens is 226 g/mol. The summed E-state index contributed by atoms with van der Waals surface area (Å²) in [6.45, 7) is 0.672. The molecule has 0 aromatic heterocycles. The fourth-order valence-electron chi connectivity index (χ4n) is 1.86. The van der Waals surface area contributed by atoms with E-state index in [0.717, 1.165) is 12.1 Å². The number of nitrogens with zero attached hydrogens (tertiary/aromatic N) is 1. The highest BCUT2D eigenvalue weighted by atomic mass is 16.2. The van der Waals surface area contributed by atoms with Crippen LogP contribution >= 0.6 is 0 Å². The molecule has 0 bridgehead atoms. The van der Waals surface area contributed by atoms with Crippen LogP contribution in [0.15, 0.2) is 24.3 Å². The molecule has 0 spiro atoms. The molecule has 0 aliphatic heterocycles. The van der Waals surface area contributed by atoms with Crippen LogP contribution in [0.25, 0.3) is 0 Å². The van der Waals surface area contributed by atoms with Crippen LogP contribution in [0.4, 0.5) is 0 Å². The van der Waals surface area contributed by atoms with Gasteiger partial charge in [0.05, 0.1) is 0 Å². The number of aliphatic hydroxyl groups is 1. The molecule has 0 atom stereocenters. The van der Waals surface area contributed by atoms with Crippen LogP contribution < -0.4 is 0 Å². The summed E-state index contributed by atoms with van der Waals surface area (Å²) in [5.41, 5.74) is 1.41. The summed E-state index contributed by atoms with van der Waals surface area (Å²) < 4.78 is 0. The van der Waals surface area contributed by atoms with Gasteiger partial charge in [-0.3, -0.25) is 4.79 Å². The molecule has 1 aromatic carbocycles. The van der Waals surface area contributed by atoms with Crippen molar-refractivity contribution in [3.63, 3.8) is 0 Å². The zero-order chi connectivity index (χ0) is 13.0. The Kier molecular flexibility index (Phi) is 4.01. The number of carbonyl (C=O) groups excluding carboxylic acids is 1. The molecule has 1 amide bonds. The van der Waals surface area contributed by atoms with Gasteiger partial charge in [0, 0.05) is 24.7 Å². The van der Waals surface area contributed by atoms with Crippen molar-refractivity contribution < 1.29 is 9.90 Å². The van der Waals surface area contributed by atoms with Gasteiger partial charge in [0.1, 0.15) is 6.61 Å². The summed E-state index contributed by atoms with van der Waals surface area (Å²) in [5, 5.41) is 8.65. The van der Waals surface area contributed by atoms with Crippen molar-refractivity contribution in [1.82, 2.24) is 4.90 Å². The second-order valence-corrected chi connectivity index (χ2v) is 4.67. The third kappa shape index (κ3) is 3.35. The third-order valence-electron chi connectivity index (χ3n) is 3.00. The van der Waals surface area contributed by atoms with Crippen LogP contribution in [-0.4, -0.2) is 36.1 Å². The summed E-state index contributed by atoms with van der Waals surface area (Å²) in [5.74, 6) is 6.12. The highest BCUT2D eigenvalue weighted by molar-refractivity contribution is 5.94. The minimum atomic E-state index is -0.167. The number of rotatable bonds is 3. The van der Waals surface area contributed by atoms with Crippen LogP contribution in [0, 0.1) is 17.8 Å². The number of hydrogen-bond donors (Lipinski definition) is 1. The molecule has 0 heterocycles. The highest BCUT2D eigenvalue weighted by Gasteiger charge is 2.25. The Hall–Kier alpha value is -1.79. The van der Waals surface area contributed by atoms with Gasteiger partial charge < -0.3 is 10.0 Å². The summed E-state index contributed by atoms with van der Waals surface area (Å²) in [4.78, 5) is 13.9. The first kappa shape index (κ1) is 12.7. The van der Waals surface area contributed by atoms with Crippen LogP contribution in [0.2, 0.25) is 0 Å². The molecule has 1 saturated carbocycles. The Labute approximate surface area is 107 Å². The molecule has 3 heteroatoms. The molecule has 1 N–H and O–H groups in total. The van der Waals surface area contributed by atoms with E-state index >= 15 is 0 Å². The average molecular weight is 243 g/mol. The minimum absolute atomic E-state index is 0.0366. The predicted octanol–water partition coefficient (Wildman–Crippen LogP) is 1.51. The molecule has 94 valence electrons. The number of benzene rings is 1. The molecule has 0 saturated heterocycles. The highest BCUT2D eigenvalue weighted by Crippen LogP contribution is 2.29. The van der Waals surface area contributed by atoms with E-state index in [-0.39, 0.29) is 12.5 Å². The maximum atomic E-state index is 12.2. The molecule has 0 radical (unpaired) electrons. The zero-order valence-electron chi connectivity index (χ0n) is 10.5. The van der Waals surface area contributed by atoms with Gasteiger partial charge in [-0.25, -0.2) is 0 Å². The summed E-state index contributed by atoms with van der Waals surface area (Å²) in [7, 11) is 1.84. The molecule has 2 rings (SSSR count). The number of hydrogen-bond acceptors (Lipinski definition) is 2. The minimum Gasteiger partial charge on any atom is -0.384 e. The van der Waals surface area contributed by atoms with Crippen molar-refractivity contribution >= 4 is 5.91 Å². The maximum Gasteiger partial charge on any atom is 0.253 e. The van der Waals surface area contributed by atoms with Gasteiger partial charge >= 0.3 is 0 Å². The molecule has 1 aliphatic rings. The first-order valence-corrected chi connectivity index (χ1v) is 6.16. The molecule has 1 fully saturated rings. The fourth-order valence-corrected chi connectivity index (χ4v) is 1.86. The predicted molar refractivity (Wildman–Crippen MR) is 70.1 cm³/mol. The van der Waals surface area contributed by atoms with E-state index in [0.29, 0.717) is 11.5 Å². The third-order valence-corrected chi connectivity index (χ3v) is 3.00. The Morgan fingerprint density at radius 2 is 2.28 bits per heavy atom. The first-order valence-electron chi connectivity index (χ1n) is 6.16. The van der Waals surface area contributed by atoms with Gasteiger partial charge in [-0.15, -0.1) is 0 Å². The van der Waals surface area contributed by atoms with Crippen molar-refractivity contribution in [1.29, 1.82) is 0 Å². The monoisotopic (exact) mass is 243 g/mol. The van der Waals surface area contributed by atoms with Crippen molar-refractivity contribution in [2.75, 3.05) is 20.2 Å². The number of amides is 1. The lowest BCUT2D eigenvalue weighted by atomic mass is 10.1. The van der Waals surface area contributed by atoms with Crippen LogP contribution in [0.3, 0.4) is 0 Å². The van der Waals surface area contributed by atoms with E-state index in [9.17, 15) is 4.79 Å². The van der Waals surface area contributed by atoms with E-state index in [4.69, 9.17) is 5.11 Å². The van der Waals surface area contributed by atoms with Gasteiger partial charge in [0.15, 0.2) is 0 Å². The fraction of sp³-hybridized carbons (Fsp3) is 0.400. The Bertz CT molecular complexity index is 495. The number of aliphatic hydroxyl groups excluding tert-OH is 1. The molecule has 1 aliphatic carbocycles. The summed E-state index contributed by atoms with van der Waals surface area (Å²) >= 11 is 0. The molecule has 3 nitrogen and oxygen atoms in total. The summed E-state index contributed by atoms with van der Waals surface area (Å²) in [6.07, 6.45) is 2.47. The van der Waals surface area contributed by atoms with Crippen molar-refractivity contribution in [3.8, 4) is 11.8 Å². The second kappa shape index (κ2) is 5.70. The van der Waals surface area contributed by atoms with Gasteiger partial charge in [0.25, 0.3) is 5.91 Å². The Balaban J connectivity index is 2.08. The maximum absolute atomic E-state index is 12.2. The van der Waals surface area contributed by atoms with Crippen molar-refractivity contribution in [2.45, 2.75) is 12.8 Å². The number of carbonyl (C=O) groups is 1.